The van der Waals surface area contributed by atoms with Gasteiger partial charge < -0.3 is 15.2 Å². The lowest BCUT2D eigenvalue weighted by Crippen LogP contribution is -2.14. The van der Waals surface area contributed by atoms with Crippen LogP contribution in [0.15, 0.2) is 35.1 Å². The SMILES string of the molecule is O=C(Nc1ccc2c(c1)CCCN2)c1ccon1. The zero-order valence-corrected chi connectivity index (χ0v) is 9.77. The summed E-state index contributed by atoms with van der Waals surface area (Å²) in [7, 11) is 0. The van der Waals surface area contributed by atoms with E-state index in [0.717, 1.165) is 30.8 Å². The largest absolute Gasteiger partial charge is 0.385 e. The molecule has 1 amide bonds. The first-order valence-corrected chi connectivity index (χ1v) is 5.91. The molecule has 0 unspecified atom stereocenters. The van der Waals surface area contributed by atoms with Crippen LogP contribution in [0.2, 0.25) is 0 Å². The maximum atomic E-state index is 11.8. The van der Waals surface area contributed by atoms with Gasteiger partial charge in [-0.1, -0.05) is 5.16 Å². The van der Waals surface area contributed by atoms with Crippen LogP contribution in [0.3, 0.4) is 0 Å². The molecule has 3 rings (SSSR count). The van der Waals surface area contributed by atoms with Crippen molar-refractivity contribution in [1.29, 1.82) is 0 Å². The van der Waals surface area contributed by atoms with Gasteiger partial charge in [0.05, 0.1) is 0 Å². The molecule has 0 spiro atoms. The number of aryl methyl sites for hydroxylation is 1. The summed E-state index contributed by atoms with van der Waals surface area (Å²) >= 11 is 0. The number of nitrogens with zero attached hydrogens (tertiary/aromatic N) is 1. The summed E-state index contributed by atoms with van der Waals surface area (Å²) in [5, 5.41) is 9.74. The van der Waals surface area contributed by atoms with Crippen LogP contribution in [0.25, 0.3) is 0 Å². The predicted octanol–water partition coefficient (Wildman–Crippen LogP) is 2.29. The number of nitrogens with one attached hydrogen (secondary N) is 2. The Morgan fingerprint density at radius 1 is 1.39 bits per heavy atom. The van der Waals surface area contributed by atoms with E-state index in [9.17, 15) is 4.79 Å². The molecule has 0 saturated heterocycles. The molecule has 0 aliphatic carbocycles. The Kier molecular flexibility index (Phi) is 2.72. The number of benzene rings is 1. The normalized spacial score (nSPS) is 13.6. The van der Waals surface area contributed by atoms with Crippen molar-refractivity contribution in [2.75, 3.05) is 17.2 Å². The molecule has 2 N–H and O–H groups in total. The first kappa shape index (κ1) is 10.8. The Morgan fingerprint density at radius 3 is 3.17 bits per heavy atom. The number of hydrogen-bond acceptors (Lipinski definition) is 4. The molecule has 2 heterocycles. The molecule has 92 valence electrons. The van der Waals surface area contributed by atoms with Crippen LogP contribution in [0, 0.1) is 0 Å². The predicted molar refractivity (Wildman–Crippen MR) is 67.7 cm³/mol. The van der Waals surface area contributed by atoms with E-state index in [1.807, 2.05) is 18.2 Å². The van der Waals surface area contributed by atoms with Crippen LogP contribution in [-0.4, -0.2) is 17.6 Å². The Morgan fingerprint density at radius 2 is 2.33 bits per heavy atom. The molecule has 0 fully saturated rings. The zero-order valence-electron chi connectivity index (χ0n) is 9.77. The minimum absolute atomic E-state index is 0.257. The van der Waals surface area contributed by atoms with Crippen LogP contribution < -0.4 is 10.6 Å². The molecule has 0 bridgehead atoms. The minimum atomic E-state index is -0.257. The highest BCUT2D eigenvalue weighted by Gasteiger charge is 2.12. The van der Waals surface area contributed by atoms with E-state index in [4.69, 9.17) is 0 Å². The number of hydrogen-bond donors (Lipinski definition) is 2. The highest BCUT2D eigenvalue weighted by Crippen LogP contribution is 2.25. The monoisotopic (exact) mass is 243 g/mol. The fourth-order valence-electron chi connectivity index (χ4n) is 2.08. The molecule has 0 saturated carbocycles. The molecule has 1 aliphatic rings. The quantitative estimate of drug-likeness (QED) is 0.849. The van der Waals surface area contributed by atoms with Gasteiger partial charge in [-0.25, -0.2) is 0 Å². The van der Waals surface area contributed by atoms with Gasteiger partial charge in [0, 0.05) is 24.0 Å². The number of aromatic nitrogens is 1. The third kappa shape index (κ3) is 2.07. The standard InChI is InChI=1S/C13H13N3O2/c17-13(12-5-7-18-16-12)15-10-3-4-11-9(8-10)2-1-6-14-11/h3-5,7-8,14H,1-2,6H2,(H,15,17). The van der Waals surface area contributed by atoms with Crippen molar-refractivity contribution < 1.29 is 9.32 Å². The number of carbonyl (C=O) groups is 1. The number of fused-ring (bicyclic) bond motifs is 1. The van der Waals surface area contributed by atoms with E-state index < -0.39 is 0 Å². The second-order valence-corrected chi connectivity index (χ2v) is 4.24. The molecule has 1 aromatic heterocycles. The number of carbonyl (C=O) groups excluding carboxylic acids is 1. The lowest BCUT2D eigenvalue weighted by molar-refractivity contribution is 0.101. The summed E-state index contributed by atoms with van der Waals surface area (Å²) in [5.41, 5.74) is 3.45. The van der Waals surface area contributed by atoms with Crippen LogP contribution >= 0.6 is 0 Å². The van der Waals surface area contributed by atoms with Crippen molar-refractivity contribution in [2.45, 2.75) is 12.8 Å². The van der Waals surface area contributed by atoms with Crippen molar-refractivity contribution in [1.82, 2.24) is 5.16 Å². The fraction of sp³-hybridized carbons (Fsp3) is 0.231. The van der Waals surface area contributed by atoms with Gasteiger partial charge in [-0.05, 0) is 36.6 Å². The number of amides is 1. The van der Waals surface area contributed by atoms with E-state index in [2.05, 4.69) is 20.3 Å². The molecule has 5 heteroatoms. The molecular weight excluding hydrogens is 230 g/mol. The molecule has 1 aromatic carbocycles. The Bertz CT molecular complexity index is 564. The van der Waals surface area contributed by atoms with Crippen LogP contribution in [0.1, 0.15) is 22.5 Å². The average Bonchev–Trinajstić information content (AvgIpc) is 2.92. The molecule has 0 radical (unpaired) electrons. The topological polar surface area (TPSA) is 67.2 Å². The van der Waals surface area contributed by atoms with E-state index in [0.29, 0.717) is 0 Å². The van der Waals surface area contributed by atoms with Crippen molar-refractivity contribution in [3.8, 4) is 0 Å². The Labute approximate surface area is 104 Å². The minimum Gasteiger partial charge on any atom is -0.385 e. The van der Waals surface area contributed by atoms with Gasteiger partial charge in [0.2, 0.25) is 0 Å². The lowest BCUT2D eigenvalue weighted by atomic mass is 10.0. The number of rotatable bonds is 2. The summed E-state index contributed by atoms with van der Waals surface area (Å²) in [6.45, 7) is 1.01. The first-order valence-electron chi connectivity index (χ1n) is 5.91. The smallest absolute Gasteiger partial charge is 0.277 e. The van der Waals surface area contributed by atoms with Gasteiger partial charge in [-0.2, -0.15) is 0 Å². The highest BCUT2D eigenvalue weighted by molar-refractivity contribution is 6.02. The van der Waals surface area contributed by atoms with Gasteiger partial charge in [0.15, 0.2) is 5.69 Å². The second-order valence-electron chi connectivity index (χ2n) is 4.24. The van der Waals surface area contributed by atoms with E-state index in [1.54, 1.807) is 0 Å². The fourth-order valence-corrected chi connectivity index (χ4v) is 2.08. The Hall–Kier alpha value is -2.30. The molecule has 1 aliphatic heterocycles. The molecule has 0 atom stereocenters. The second kappa shape index (κ2) is 4.52. The van der Waals surface area contributed by atoms with Gasteiger partial charge in [0.25, 0.3) is 5.91 Å². The van der Waals surface area contributed by atoms with Crippen molar-refractivity contribution in [3.63, 3.8) is 0 Å². The summed E-state index contributed by atoms with van der Waals surface area (Å²) in [6, 6.07) is 7.41. The van der Waals surface area contributed by atoms with E-state index in [1.165, 1.54) is 17.9 Å². The zero-order chi connectivity index (χ0) is 12.4. The molecular formula is C13H13N3O2. The summed E-state index contributed by atoms with van der Waals surface area (Å²) in [5.74, 6) is -0.257. The summed E-state index contributed by atoms with van der Waals surface area (Å²) < 4.78 is 4.64. The highest BCUT2D eigenvalue weighted by atomic mass is 16.5. The van der Waals surface area contributed by atoms with Crippen molar-refractivity contribution >= 4 is 17.3 Å². The van der Waals surface area contributed by atoms with Gasteiger partial charge in [-0.3, -0.25) is 4.79 Å². The lowest BCUT2D eigenvalue weighted by Gasteiger charge is -2.18. The average molecular weight is 243 g/mol. The van der Waals surface area contributed by atoms with Crippen LogP contribution in [0.4, 0.5) is 11.4 Å². The molecule has 5 nitrogen and oxygen atoms in total. The van der Waals surface area contributed by atoms with Gasteiger partial charge >= 0.3 is 0 Å². The molecule has 2 aromatic rings. The first-order chi connectivity index (χ1) is 8.83. The number of anilines is 2. The maximum Gasteiger partial charge on any atom is 0.277 e. The summed E-state index contributed by atoms with van der Waals surface area (Å²) in [6.07, 6.45) is 3.54. The third-order valence-electron chi connectivity index (χ3n) is 2.97. The third-order valence-corrected chi connectivity index (χ3v) is 2.97. The molecule has 18 heavy (non-hydrogen) atoms. The van der Waals surface area contributed by atoms with Crippen molar-refractivity contribution in [2.24, 2.45) is 0 Å². The van der Waals surface area contributed by atoms with Gasteiger partial charge in [0.1, 0.15) is 6.26 Å². The van der Waals surface area contributed by atoms with Crippen molar-refractivity contribution in [3.05, 3.63) is 41.8 Å². The van der Waals surface area contributed by atoms with E-state index >= 15 is 0 Å². The van der Waals surface area contributed by atoms with Crippen LogP contribution in [0.5, 0.6) is 0 Å². The summed E-state index contributed by atoms with van der Waals surface area (Å²) in [4.78, 5) is 11.8. The van der Waals surface area contributed by atoms with E-state index in [-0.39, 0.29) is 11.6 Å². The van der Waals surface area contributed by atoms with Gasteiger partial charge in [-0.15, -0.1) is 0 Å². The van der Waals surface area contributed by atoms with Crippen LogP contribution in [-0.2, 0) is 6.42 Å². The Balaban J connectivity index is 1.79. The maximum absolute atomic E-state index is 11.8.